The van der Waals surface area contributed by atoms with Crippen molar-refractivity contribution in [3.05, 3.63) is 53.6 Å². The number of esters is 1. The maximum absolute atomic E-state index is 13.1. The van der Waals surface area contributed by atoms with Crippen molar-refractivity contribution < 1.29 is 28.6 Å². The van der Waals surface area contributed by atoms with E-state index in [4.69, 9.17) is 14.2 Å². The molecule has 1 aliphatic heterocycles. The summed E-state index contributed by atoms with van der Waals surface area (Å²) < 4.78 is 15.4. The van der Waals surface area contributed by atoms with Gasteiger partial charge in [0.15, 0.2) is 11.5 Å². The van der Waals surface area contributed by atoms with E-state index in [1.54, 1.807) is 23.1 Å². The standard InChI is InChI=1S/C24H28N2O6/c1-15-5-8-18(9-6-15)26-14-17(12-22(26)27)24(29)25-19(13-23(28)32-4)16-7-10-20(30-2)21(11-16)31-3/h5-11,17,19H,12-14H2,1-4H3,(H,25,29)/t17-,19+/m0/s1. The molecule has 170 valence electrons. The highest BCUT2D eigenvalue weighted by atomic mass is 16.5. The number of amides is 2. The van der Waals surface area contributed by atoms with E-state index in [9.17, 15) is 14.4 Å². The number of hydrogen-bond donors (Lipinski definition) is 1. The third kappa shape index (κ3) is 5.19. The summed E-state index contributed by atoms with van der Waals surface area (Å²) in [5, 5.41) is 2.92. The number of anilines is 1. The zero-order chi connectivity index (χ0) is 23.3. The molecule has 3 rings (SSSR count). The molecule has 0 saturated carbocycles. The van der Waals surface area contributed by atoms with Gasteiger partial charge >= 0.3 is 5.97 Å². The second-order valence-electron chi connectivity index (χ2n) is 7.70. The van der Waals surface area contributed by atoms with E-state index in [0.717, 1.165) is 11.3 Å². The van der Waals surface area contributed by atoms with Crippen LogP contribution < -0.4 is 19.7 Å². The lowest BCUT2D eigenvalue weighted by Gasteiger charge is -2.22. The van der Waals surface area contributed by atoms with E-state index >= 15 is 0 Å². The van der Waals surface area contributed by atoms with Crippen LogP contribution in [0.2, 0.25) is 0 Å². The number of methoxy groups -OCH3 is 3. The minimum Gasteiger partial charge on any atom is -0.493 e. The Kier molecular flexibility index (Phi) is 7.35. The molecule has 2 aromatic rings. The van der Waals surface area contributed by atoms with Crippen molar-refractivity contribution in [2.45, 2.75) is 25.8 Å². The number of nitrogens with one attached hydrogen (secondary N) is 1. The van der Waals surface area contributed by atoms with Crippen molar-refractivity contribution in [2.75, 3.05) is 32.8 Å². The van der Waals surface area contributed by atoms with Crippen LogP contribution in [0.4, 0.5) is 5.69 Å². The lowest BCUT2D eigenvalue weighted by Crippen LogP contribution is -2.36. The summed E-state index contributed by atoms with van der Waals surface area (Å²) in [6.07, 6.45) is 0.0522. The molecule has 8 heteroatoms. The molecule has 0 spiro atoms. The Morgan fingerprint density at radius 3 is 2.38 bits per heavy atom. The average molecular weight is 440 g/mol. The first kappa shape index (κ1) is 23.1. The topological polar surface area (TPSA) is 94.2 Å². The number of carbonyl (C=O) groups excluding carboxylic acids is 3. The number of carbonyl (C=O) groups is 3. The quantitative estimate of drug-likeness (QED) is 0.635. The highest BCUT2D eigenvalue weighted by molar-refractivity contribution is 6.00. The van der Waals surface area contributed by atoms with E-state index in [1.807, 2.05) is 31.2 Å². The van der Waals surface area contributed by atoms with E-state index in [1.165, 1.54) is 21.3 Å². The van der Waals surface area contributed by atoms with Gasteiger partial charge in [0, 0.05) is 18.7 Å². The fourth-order valence-electron chi connectivity index (χ4n) is 3.72. The Labute approximate surface area is 187 Å². The Morgan fingerprint density at radius 1 is 1.06 bits per heavy atom. The lowest BCUT2D eigenvalue weighted by molar-refractivity contribution is -0.141. The lowest BCUT2D eigenvalue weighted by atomic mass is 10.0. The van der Waals surface area contributed by atoms with Crippen LogP contribution in [0.1, 0.15) is 30.0 Å². The molecule has 2 amide bonds. The summed E-state index contributed by atoms with van der Waals surface area (Å²) in [6, 6.07) is 12.1. The molecule has 32 heavy (non-hydrogen) atoms. The fraction of sp³-hybridized carbons (Fsp3) is 0.375. The Bertz CT molecular complexity index is 988. The van der Waals surface area contributed by atoms with Gasteiger partial charge in [-0.1, -0.05) is 23.8 Å². The highest BCUT2D eigenvalue weighted by Gasteiger charge is 2.36. The van der Waals surface area contributed by atoms with E-state index < -0.39 is 17.9 Å². The molecule has 8 nitrogen and oxygen atoms in total. The first-order valence-electron chi connectivity index (χ1n) is 10.3. The Morgan fingerprint density at radius 2 is 1.75 bits per heavy atom. The van der Waals surface area contributed by atoms with Crippen LogP contribution >= 0.6 is 0 Å². The van der Waals surface area contributed by atoms with Gasteiger partial charge in [0.25, 0.3) is 0 Å². The van der Waals surface area contributed by atoms with Crippen molar-refractivity contribution in [2.24, 2.45) is 5.92 Å². The zero-order valence-electron chi connectivity index (χ0n) is 18.7. The van der Waals surface area contributed by atoms with Gasteiger partial charge in [0.1, 0.15) is 0 Å². The highest BCUT2D eigenvalue weighted by Crippen LogP contribution is 2.32. The first-order valence-corrected chi connectivity index (χ1v) is 10.3. The Hall–Kier alpha value is -3.55. The van der Waals surface area contributed by atoms with Crippen LogP contribution in [0.15, 0.2) is 42.5 Å². The van der Waals surface area contributed by atoms with Crippen molar-refractivity contribution in [3.63, 3.8) is 0 Å². The van der Waals surface area contributed by atoms with Crippen LogP contribution in [-0.2, 0) is 19.1 Å². The molecule has 0 aromatic heterocycles. The minimum absolute atomic E-state index is 0.0555. The number of ether oxygens (including phenoxy) is 3. The van der Waals surface area contributed by atoms with Gasteiger partial charge in [0.05, 0.1) is 39.7 Å². The van der Waals surface area contributed by atoms with Crippen LogP contribution in [0, 0.1) is 12.8 Å². The molecule has 2 aromatic carbocycles. The van der Waals surface area contributed by atoms with Crippen LogP contribution in [-0.4, -0.2) is 45.7 Å². The average Bonchev–Trinajstić information content (AvgIpc) is 3.20. The van der Waals surface area contributed by atoms with Gasteiger partial charge < -0.3 is 24.4 Å². The molecule has 1 N–H and O–H groups in total. The minimum atomic E-state index is -0.640. The molecule has 0 unspecified atom stereocenters. The molecule has 1 heterocycles. The van der Waals surface area contributed by atoms with Crippen LogP contribution in [0.3, 0.4) is 0 Å². The van der Waals surface area contributed by atoms with Crippen molar-refractivity contribution >= 4 is 23.5 Å². The number of rotatable bonds is 8. The van der Waals surface area contributed by atoms with Gasteiger partial charge in [-0.15, -0.1) is 0 Å². The zero-order valence-corrected chi connectivity index (χ0v) is 18.7. The number of benzene rings is 2. The number of hydrogen-bond acceptors (Lipinski definition) is 6. The normalized spacial score (nSPS) is 16.4. The maximum Gasteiger partial charge on any atom is 0.307 e. The van der Waals surface area contributed by atoms with Crippen LogP contribution in [0.5, 0.6) is 11.5 Å². The van der Waals surface area contributed by atoms with Crippen molar-refractivity contribution in [3.8, 4) is 11.5 Å². The summed E-state index contributed by atoms with van der Waals surface area (Å²) in [5.74, 6) is -0.371. The predicted octanol–water partition coefficient (Wildman–Crippen LogP) is 2.79. The third-order valence-electron chi connectivity index (χ3n) is 5.57. The Balaban J connectivity index is 1.77. The molecule has 0 radical (unpaired) electrons. The largest absolute Gasteiger partial charge is 0.493 e. The fourth-order valence-corrected chi connectivity index (χ4v) is 3.72. The molecule has 2 atom stereocenters. The molecular weight excluding hydrogens is 412 g/mol. The third-order valence-corrected chi connectivity index (χ3v) is 5.57. The van der Waals surface area contributed by atoms with Crippen molar-refractivity contribution in [1.29, 1.82) is 0 Å². The number of nitrogens with zero attached hydrogens (tertiary/aromatic N) is 1. The summed E-state index contributed by atoms with van der Waals surface area (Å²) in [7, 11) is 4.34. The van der Waals surface area contributed by atoms with Gasteiger partial charge in [0.2, 0.25) is 11.8 Å². The first-order chi connectivity index (χ1) is 15.4. The van der Waals surface area contributed by atoms with Gasteiger partial charge in [-0.25, -0.2) is 0 Å². The predicted molar refractivity (Wildman–Crippen MR) is 119 cm³/mol. The summed E-state index contributed by atoms with van der Waals surface area (Å²) >= 11 is 0. The second kappa shape index (κ2) is 10.2. The maximum atomic E-state index is 13.1. The summed E-state index contributed by atoms with van der Waals surface area (Å²) in [6.45, 7) is 2.26. The monoisotopic (exact) mass is 440 g/mol. The molecular formula is C24H28N2O6. The van der Waals surface area contributed by atoms with Gasteiger partial charge in [-0.2, -0.15) is 0 Å². The second-order valence-corrected chi connectivity index (χ2v) is 7.70. The molecule has 0 aliphatic carbocycles. The van der Waals surface area contributed by atoms with E-state index in [0.29, 0.717) is 17.1 Å². The van der Waals surface area contributed by atoms with Gasteiger partial charge in [-0.05, 0) is 36.8 Å². The SMILES string of the molecule is COC(=O)C[C@@H](NC(=O)[C@H]1CC(=O)N(c2ccc(C)cc2)C1)c1ccc(OC)c(OC)c1. The van der Waals surface area contributed by atoms with Gasteiger partial charge in [-0.3, -0.25) is 14.4 Å². The van der Waals surface area contributed by atoms with Crippen LogP contribution in [0.25, 0.3) is 0 Å². The van der Waals surface area contributed by atoms with E-state index in [2.05, 4.69) is 5.32 Å². The van der Waals surface area contributed by atoms with Crippen molar-refractivity contribution in [1.82, 2.24) is 5.32 Å². The molecule has 1 fully saturated rings. The summed E-state index contributed by atoms with van der Waals surface area (Å²) in [4.78, 5) is 39.2. The summed E-state index contributed by atoms with van der Waals surface area (Å²) in [5.41, 5.74) is 2.53. The smallest absolute Gasteiger partial charge is 0.307 e. The van der Waals surface area contributed by atoms with E-state index in [-0.39, 0.29) is 31.2 Å². The molecule has 1 saturated heterocycles. The molecule has 1 aliphatic rings. The number of aryl methyl sites for hydroxylation is 1. The molecule has 0 bridgehead atoms.